The molecule has 1 aromatic heterocycles. The van der Waals surface area contributed by atoms with E-state index < -0.39 is 23.9 Å². The van der Waals surface area contributed by atoms with Crippen molar-refractivity contribution in [3.05, 3.63) is 41.5 Å². The fraction of sp³-hybridized carbons (Fsp3) is 0.308. The van der Waals surface area contributed by atoms with E-state index in [4.69, 9.17) is 0 Å². The highest BCUT2D eigenvalue weighted by Gasteiger charge is 2.35. The average Bonchev–Trinajstić information content (AvgIpc) is 2.87. The number of nitrogens with one attached hydrogen (secondary N) is 2. The van der Waals surface area contributed by atoms with Crippen LogP contribution in [0.5, 0.6) is 0 Å². The number of hydrogen-bond donors (Lipinski definition) is 2. The molecular weight excluding hydrogens is 304 g/mol. The number of benzene rings is 1. The summed E-state index contributed by atoms with van der Waals surface area (Å²) in [7, 11) is 0. The summed E-state index contributed by atoms with van der Waals surface area (Å²) in [5, 5.41) is 7.16. The van der Waals surface area contributed by atoms with Crippen LogP contribution in [-0.2, 0) is 11.0 Å². The number of anilines is 1. The van der Waals surface area contributed by atoms with Crippen LogP contribution >= 0.6 is 0 Å². The molecule has 1 aromatic carbocycles. The molecule has 2 rings (SSSR count). The van der Waals surface area contributed by atoms with Gasteiger partial charge in [-0.25, -0.2) is 4.39 Å². The highest BCUT2D eigenvalue weighted by molar-refractivity contribution is 5.89. The molecule has 0 spiro atoms. The predicted octanol–water partition coefficient (Wildman–Crippen LogP) is 3.09. The molecule has 0 radical (unpaired) electrons. The Kier molecular flexibility index (Phi) is 4.43. The minimum absolute atomic E-state index is 0.00151. The van der Waals surface area contributed by atoms with Gasteiger partial charge in [-0.15, -0.1) is 5.10 Å². The van der Waals surface area contributed by atoms with E-state index >= 15 is 0 Å². The summed E-state index contributed by atoms with van der Waals surface area (Å²) < 4.78 is 49.8. The number of rotatable bonds is 4. The maximum absolute atomic E-state index is 12.8. The Labute approximate surface area is 122 Å². The fourth-order valence-corrected chi connectivity index (χ4v) is 1.81. The summed E-state index contributed by atoms with van der Waals surface area (Å²) in [6, 6.07) is 5.63. The summed E-state index contributed by atoms with van der Waals surface area (Å²) in [6.07, 6.45) is -4.65. The normalized spacial score (nSPS) is 13.0. The van der Waals surface area contributed by atoms with Crippen LogP contribution in [-0.4, -0.2) is 21.1 Å². The van der Waals surface area contributed by atoms with Crippen molar-refractivity contribution in [2.45, 2.75) is 25.4 Å². The van der Waals surface area contributed by atoms with Crippen LogP contribution in [0.25, 0.3) is 0 Å². The summed E-state index contributed by atoms with van der Waals surface area (Å²) in [4.78, 5) is 14.9. The zero-order chi connectivity index (χ0) is 16.3. The highest BCUT2D eigenvalue weighted by Crippen LogP contribution is 2.26. The lowest BCUT2D eigenvalue weighted by atomic mass is 9.97. The Morgan fingerprint density at radius 2 is 1.95 bits per heavy atom. The molecule has 9 heteroatoms. The molecule has 0 aliphatic rings. The summed E-state index contributed by atoms with van der Waals surface area (Å²) in [5.41, 5.74) is 0.738. The average molecular weight is 316 g/mol. The van der Waals surface area contributed by atoms with Crippen LogP contribution in [0, 0.1) is 5.82 Å². The predicted molar refractivity (Wildman–Crippen MR) is 69.4 cm³/mol. The number of hydrogen-bond acceptors (Lipinski definition) is 3. The third-order valence-corrected chi connectivity index (χ3v) is 2.94. The zero-order valence-corrected chi connectivity index (χ0v) is 11.4. The number of halogens is 4. The second-order valence-electron chi connectivity index (χ2n) is 4.71. The smallest absolute Gasteiger partial charge is 0.293 e. The fourth-order valence-electron chi connectivity index (χ4n) is 1.81. The van der Waals surface area contributed by atoms with Crippen molar-refractivity contribution in [3.8, 4) is 0 Å². The third-order valence-electron chi connectivity index (χ3n) is 2.94. The maximum atomic E-state index is 12.8. The Hall–Kier alpha value is -2.45. The first kappa shape index (κ1) is 15.9. The van der Waals surface area contributed by atoms with E-state index in [-0.39, 0.29) is 18.2 Å². The lowest BCUT2D eigenvalue weighted by Crippen LogP contribution is -2.15. The lowest BCUT2D eigenvalue weighted by Gasteiger charge is -2.10. The van der Waals surface area contributed by atoms with Crippen molar-refractivity contribution < 1.29 is 22.4 Å². The van der Waals surface area contributed by atoms with Gasteiger partial charge in [0.25, 0.3) is 0 Å². The molecule has 118 valence electrons. The molecule has 0 aliphatic carbocycles. The first-order chi connectivity index (χ1) is 10.3. The van der Waals surface area contributed by atoms with Crippen molar-refractivity contribution >= 4 is 11.9 Å². The van der Waals surface area contributed by atoms with Gasteiger partial charge in [-0.2, -0.15) is 18.2 Å². The number of carbonyl (C=O) groups excluding carboxylic acids is 1. The Bertz CT molecular complexity index is 651. The minimum atomic E-state index is -4.66. The van der Waals surface area contributed by atoms with Crippen LogP contribution < -0.4 is 5.32 Å². The molecule has 0 fully saturated rings. The topological polar surface area (TPSA) is 70.7 Å². The second kappa shape index (κ2) is 6.12. The van der Waals surface area contributed by atoms with E-state index in [0.29, 0.717) is 0 Å². The number of aromatic nitrogens is 3. The monoisotopic (exact) mass is 316 g/mol. The number of H-pyrrole nitrogens is 1. The quantitative estimate of drug-likeness (QED) is 0.852. The van der Waals surface area contributed by atoms with E-state index in [0.717, 1.165) is 5.56 Å². The van der Waals surface area contributed by atoms with Gasteiger partial charge >= 0.3 is 6.18 Å². The molecular formula is C13H12F4N4O. The van der Waals surface area contributed by atoms with Crippen LogP contribution in [0.1, 0.15) is 30.7 Å². The number of alkyl halides is 3. The number of carbonyl (C=O) groups is 1. The molecule has 2 aromatic rings. The molecule has 2 N–H and O–H groups in total. The van der Waals surface area contributed by atoms with Gasteiger partial charge in [0.05, 0.1) is 0 Å². The van der Waals surface area contributed by atoms with Crippen molar-refractivity contribution in [2.75, 3.05) is 5.32 Å². The first-order valence-corrected chi connectivity index (χ1v) is 6.30. The van der Waals surface area contributed by atoms with Gasteiger partial charge < -0.3 is 0 Å². The zero-order valence-electron chi connectivity index (χ0n) is 11.4. The Morgan fingerprint density at radius 3 is 2.50 bits per heavy atom. The van der Waals surface area contributed by atoms with Gasteiger partial charge in [-0.1, -0.05) is 19.1 Å². The van der Waals surface area contributed by atoms with E-state index in [9.17, 15) is 22.4 Å². The van der Waals surface area contributed by atoms with Gasteiger partial charge in [-0.05, 0) is 23.6 Å². The molecule has 0 saturated carbocycles. The van der Waals surface area contributed by atoms with Crippen LogP contribution in [0.2, 0.25) is 0 Å². The number of amides is 1. The molecule has 0 unspecified atom stereocenters. The largest absolute Gasteiger partial charge is 0.451 e. The molecule has 1 atom stereocenters. The molecule has 0 aliphatic heterocycles. The van der Waals surface area contributed by atoms with E-state index in [1.807, 2.05) is 0 Å². The van der Waals surface area contributed by atoms with Crippen molar-refractivity contribution in [1.29, 1.82) is 0 Å². The van der Waals surface area contributed by atoms with Gasteiger partial charge in [0, 0.05) is 6.42 Å². The van der Waals surface area contributed by atoms with Crippen LogP contribution in [0.15, 0.2) is 24.3 Å². The first-order valence-electron chi connectivity index (χ1n) is 6.30. The van der Waals surface area contributed by atoms with Gasteiger partial charge in [-0.3, -0.25) is 15.2 Å². The van der Waals surface area contributed by atoms with Gasteiger partial charge in [0.15, 0.2) is 0 Å². The summed E-state index contributed by atoms with van der Waals surface area (Å²) in [5.74, 6) is -2.88. The van der Waals surface area contributed by atoms with Crippen molar-refractivity contribution in [2.24, 2.45) is 0 Å². The molecule has 0 bridgehead atoms. The second-order valence-corrected chi connectivity index (χ2v) is 4.71. The van der Waals surface area contributed by atoms with Crippen LogP contribution in [0.4, 0.5) is 23.5 Å². The molecule has 1 heterocycles. The van der Waals surface area contributed by atoms with Gasteiger partial charge in [0.1, 0.15) is 5.82 Å². The third kappa shape index (κ3) is 4.03. The van der Waals surface area contributed by atoms with E-state index in [2.05, 4.69) is 15.4 Å². The molecule has 22 heavy (non-hydrogen) atoms. The van der Waals surface area contributed by atoms with Gasteiger partial charge in [0.2, 0.25) is 17.7 Å². The number of aromatic amines is 1. The molecule has 1 amide bonds. The van der Waals surface area contributed by atoms with Crippen molar-refractivity contribution in [1.82, 2.24) is 15.2 Å². The Balaban J connectivity index is 1.95. The standard InChI is InChI=1S/C13H12F4N4O/c1-7(8-2-4-9(14)5-3-8)6-10(22)18-12-19-11(20-21-12)13(15,16)17/h2-5,7H,6H2,1H3,(H2,18,19,20,21,22)/t7-/m1/s1. The van der Waals surface area contributed by atoms with Crippen LogP contribution in [0.3, 0.4) is 0 Å². The SMILES string of the molecule is C[C@H](CC(=O)Nc1n[nH]c(C(F)(F)F)n1)c1ccc(F)cc1. The summed E-state index contributed by atoms with van der Waals surface area (Å²) in [6.45, 7) is 1.74. The molecule has 5 nitrogen and oxygen atoms in total. The van der Waals surface area contributed by atoms with E-state index in [1.165, 1.54) is 12.1 Å². The number of nitrogens with zero attached hydrogens (tertiary/aromatic N) is 2. The van der Waals surface area contributed by atoms with Crippen molar-refractivity contribution in [3.63, 3.8) is 0 Å². The minimum Gasteiger partial charge on any atom is -0.293 e. The Morgan fingerprint density at radius 1 is 1.32 bits per heavy atom. The highest BCUT2D eigenvalue weighted by atomic mass is 19.4. The lowest BCUT2D eigenvalue weighted by molar-refractivity contribution is -0.144. The maximum Gasteiger partial charge on any atom is 0.451 e. The van der Waals surface area contributed by atoms with E-state index in [1.54, 1.807) is 24.2 Å². The summed E-state index contributed by atoms with van der Waals surface area (Å²) >= 11 is 0. The molecule has 0 saturated heterocycles.